The molecule has 1 heterocycles. The molecule has 0 aromatic carbocycles. The van der Waals surface area contributed by atoms with Crippen molar-refractivity contribution in [2.75, 3.05) is 7.11 Å². The second-order valence-corrected chi connectivity index (χ2v) is 3.04. The zero-order valence-electron chi connectivity index (χ0n) is 8.70. The number of nitrogens with two attached hydrogens (primary N) is 1. The highest BCUT2D eigenvalue weighted by Gasteiger charge is 2.18. The minimum atomic E-state index is -2.71. The highest BCUT2D eigenvalue weighted by molar-refractivity contribution is 5.36. The van der Waals surface area contributed by atoms with Crippen molar-refractivity contribution >= 4 is 0 Å². The zero-order valence-corrected chi connectivity index (χ0v) is 8.70. The summed E-state index contributed by atoms with van der Waals surface area (Å²) in [5.41, 5.74) is 5.66. The Kier molecular flexibility index (Phi) is 4.14. The first-order valence-corrected chi connectivity index (χ1v) is 4.55. The van der Waals surface area contributed by atoms with Gasteiger partial charge in [-0.2, -0.15) is 5.26 Å². The Balaban J connectivity index is 3.29. The van der Waals surface area contributed by atoms with E-state index in [1.807, 2.05) is 6.07 Å². The Bertz CT molecular complexity index is 415. The molecule has 2 N–H and O–H groups in total. The molecule has 1 rings (SSSR count). The average molecular weight is 227 g/mol. The summed E-state index contributed by atoms with van der Waals surface area (Å²) in [7, 11) is 1.32. The van der Waals surface area contributed by atoms with Crippen LogP contribution in [-0.2, 0) is 13.0 Å². The van der Waals surface area contributed by atoms with Gasteiger partial charge in [-0.15, -0.1) is 0 Å². The first kappa shape index (κ1) is 12.3. The van der Waals surface area contributed by atoms with Crippen molar-refractivity contribution in [2.45, 2.75) is 19.4 Å². The zero-order chi connectivity index (χ0) is 12.1. The summed E-state index contributed by atoms with van der Waals surface area (Å²) in [6.07, 6.45) is -2.66. The number of hydrogen-bond acceptors (Lipinski definition) is 4. The molecule has 86 valence electrons. The molecule has 0 fully saturated rings. The maximum absolute atomic E-state index is 12.6. The molecule has 0 unspecified atom stereocenters. The second-order valence-electron chi connectivity index (χ2n) is 3.04. The second kappa shape index (κ2) is 5.37. The van der Waals surface area contributed by atoms with Crippen LogP contribution in [0.5, 0.6) is 5.88 Å². The molecule has 1 aromatic rings. The van der Waals surface area contributed by atoms with Crippen LogP contribution < -0.4 is 10.5 Å². The van der Waals surface area contributed by atoms with Crippen LogP contribution in [0.15, 0.2) is 6.07 Å². The smallest absolute Gasteiger partial charge is 0.280 e. The number of alkyl halides is 2. The molecule has 0 aliphatic carbocycles. The van der Waals surface area contributed by atoms with Gasteiger partial charge in [0.1, 0.15) is 5.69 Å². The predicted molar refractivity (Wildman–Crippen MR) is 53.0 cm³/mol. The van der Waals surface area contributed by atoms with Gasteiger partial charge in [0.15, 0.2) is 0 Å². The molecule has 0 amide bonds. The van der Waals surface area contributed by atoms with E-state index in [0.717, 1.165) is 0 Å². The fourth-order valence-corrected chi connectivity index (χ4v) is 1.34. The first-order chi connectivity index (χ1) is 7.63. The highest BCUT2D eigenvalue weighted by atomic mass is 19.3. The van der Waals surface area contributed by atoms with Gasteiger partial charge < -0.3 is 10.5 Å². The van der Waals surface area contributed by atoms with Crippen molar-refractivity contribution in [1.29, 1.82) is 5.26 Å². The van der Waals surface area contributed by atoms with Gasteiger partial charge in [0, 0.05) is 12.1 Å². The summed E-state index contributed by atoms with van der Waals surface area (Å²) in [6.45, 7) is -0.0465. The molecule has 0 aliphatic heterocycles. The fraction of sp³-hybridized carbons (Fsp3) is 0.400. The summed E-state index contributed by atoms with van der Waals surface area (Å²) in [4.78, 5) is 3.68. The summed E-state index contributed by atoms with van der Waals surface area (Å²) < 4.78 is 30.1. The molecule has 4 nitrogen and oxygen atoms in total. The molecule has 1 aromatic heterocycles. The van der Waals surface area contributed by atoms with Crippen LogP contribution in [0.25, 0.3) is 0 Å². The Labute approximate surface area is 91.7 Å². The quantitative estimate of drug-likeness (QED) is 0.847. The molecule has 0 saturated carbocycles. The minimum absolute atomic E-state index is 0.0465. The molecular weight excluding hydrogens is 216 g/mol. The van der Waals surface area contributed by atoms with Crippen LogP contribution in [0.4, 0.5) is 8.78 Å². The number of nitrogens with zero attached hydrogens (tertiary/aromatic N) is 2. The minimum Gasteiger partial charge on any atom is -0.481 e. The number of nitriles is 1. The fourth-order valence-electron chi connectivity index (χ4n) is 1.34. The third-order valence-corrected chi connectivity index (χ3v) is 2.06. The number of pyridine rings is 1. The Morgan fingerprint density at radius 3 is 2.69 bits per heavy atom. The standard InChI is InChI=1S/C10H11F2N3O/c1-16-10-6(2-3-13)4-7(5-14)8(15-10)9(11)12/h4,9H,2,5,14H2,1H3. The maximum Gasteiger partial charge on any atom is 0.280 e. The van der Waals surface area contributed by atoms with Crippen molar-refractivity contribution in [2.24, 2.45) is 5.73 Å². The van der Waals surface area contributed by atoms with E-state index in [1.165, 1.54) is 13.2 Å². The van der Waals surface area contributed by atoms with E-state index in [4.69, 9.17) is 15.7 Å². The van der Waals surface area contributed by atoms with Gasteiger partial charge in [-0.25, -0.2) is 13.8 Å². The van der Waals surface area contributed by atoms with Gasteiger partial charge in [0.25, 0.3) is 6.43 Å². The van der Waals surface area contributed by atoms with Crippen LogP contribution in [0.2, 0.25) is 0 Å². The van der Waals surface area contributed by atoms with E-state index in [2.05, 4.69) is 4.98 Å². The molecule has 0 saturated heterocycles. The summed E-state index contributed by atoms with van der Waals surface area (Å²) >= 11 is 0. The average Bonchev–Trinajstić information content (AvgIpc) is 2.28. The van der Waals surface area contributed by atoms with E-state index in [0.29, 0.717) is 5.56 Å². The molecule has 16 heavy (non-hydrogen) atoms. The Morgan fingerprint density at radius 2 is 2.25 bits per heavy atom. The predicted octanol–water partition coefficient (Wildman–Crippen LogP) is 1.55. The number of methoxy groups -OCH3 is 1. The van der Waals surface area contributed by atoms with Crippen LogP contribution in [0.1, 0.15) is 23.2 Å². The van der Waals surface area contributed by atoms with Crippen LogP contribution in [0.3, 0.4) is 0 Å². The van der Waals surface area contributed by atoms with Gasteiger partial charge in [-0.1, -0.05) is 0 Å². The van der Waals surface area contributed by atoms with Crippen LogP contribution in [-0.4, -0.2) is 12.1 Å². The van der Waals surface area contributed by atoms with Gasteiger partial charge in [0.2, 0.25) is 5.88 Å². The number of hydrogen-bond donors (Lipinski definition) is 1. The normalized spacial score (nSPS) is 10.2. The molecule has 6 heteroatoms. The maximum atomic E-state index is 12.6. The monoisotopic (exact) mass is 227 g/mol. The van der Waals surface area contributed by atoms with Crippen molar-refractivity contribution in [3.63, 3.8) is 0 Å². The Morgan fingerprint density at radius 1 is 1.56 bits per heavy atom. The number of halogens is 2. The molecule has 0 spiro atoms. The molecular formula is C10H11F2N3O. The van der Waals surface area contributed by atoms with Crippen molar-refractivity contribution in [3.05, 3.63) is 22.9 Å². The lowest BCUT2D eigenvalue weighted by atomic mass is 10.1. The van der Waals surface area contributed by atoms with Gasteiger partial charge in [0.05, 0.1) is 19.6 Å². The van der Waals surface area contributed by atoms with Crippen LogP contribution >= 0.6 is 0 Å². The highest BCUT2D eigenvalue weighted by Crippen LogP contribution is 2.26. The molecule has 0 atom stereocenters. The van der Waals surface area contributed by atoms with Crippen molar-refractivity contribution in [1.82, 2.24) is 4.98 Å². The Hall–Kier alpha value is -1.74. The van der Waals surface area contributed by atoms with E-state index in [9.17, 15) is 8.78 Å². The number of rotatable bonds is 4. The molecule has 0 aliphatic rings. The van der Waals surface area contributed by atoms with Gasteiger partial charge in [-0.05, 0) is 11.6 Å². The van der Waals surface area contributed by atoms with Crippen molar-refractivity contribution in [3.8, 4) is 11.9 Å². The van der Waals surface area contributed by atoms with E-state index in [-0.39, 0.29) is 30.1 Å². The molecule has 0 bridgehead atoms. The third kappa shape index (κ3) is 2.44. The van der Waals surface area contributed by atoms with E-state index >= 15 is 0 Å². The van der Waals surface area contributed by atoms with E-state index in [1.54, 1.807) is 0 Å². The SMILES string of the molecule is COc1nc(C(F)F)c(CN)cc1CC#N. The number of aromatic nitrogens is 1. The van der Waals surface area contributed by atoms with Crippen LogP contribution in [0, 0.1) is 11.3 Å². The summed E-state index contributed by atoms with van der Waals surface area (Å²) in [5, 5.41) is 8.57. The van der Waals surface area contributed by atoms with Gasteiger partial charge in [-0.3, -0.25) is 0 Å². The summed E-state index contributed by atoms with van der Waals surface area (Å²) in [6, 6.07) is 3.35. The first-order valence-electron chi connectivity index (χ1n) is 4.55. The topological polar surface area (TPSA) is 71.9 Å². The number of ether oxygens (including phenoxy) is 1. The largest absolute Gasteiger partial charge is 0.481 e. The van der Waals surface area contributed by atoms with E-state index < -0.39 is 6.43 Å². The van der Waals surface area contributed by atoms with Gasteiger partial charge >= 0.3 is 0 Å². The lowest BCUT2D eigenvalue weighted by Crippen LogP contribution is -2.08. The lowest BCUT2D eigenvalue weighted by Gasteiger charge is -2.11. The summed E-state index contributed by atoms with van der Waals surface area (Å²) in [5.74, 6) is 0.0500. The third-order valence-electron chi connectivity index (χ3n) is 2.06. The molecule has 0 radical (unpaired) electrons. The lowest BCUT2D eigenvalue weighted by molar-refractivity contribution is 0.143. The van der Waals surface area contributed by atoms with Crippen molar-refractivity contribution < 1.29 is 13.5 Å².